The van der Waals surface area contributed by atoms with Gasteiger partial charge in [-0.2, -0.15) is 0 Å². The van der Waals surface area contributed by atoms with Crippen molar-refractivity contribution in [1.82, 2.24) is 9.13 Å². The fourth-order valence-corrected chi connectivity index (χ4v) is 7.39. The molecule has 0 bridgehead atoms. The quantitative estimate of drug-likeness (QED) is 0.172. The molecule has 0 saturated carbocycles. The first-order chi connectivity index (χ1) is 38.7. The van der Waals surface area contributed by atoms with Gasteiger partial charge < -0.3 is 13.6 Å². The van der Waals surface area contributed by atoms with E-state index in [0.29, 0.717) is 10.9 Å². The van der Waals surface area contributed by atoms with Crippen LogP contribution in [0.1, 0.15) is 34.3 Å². The Hall–Kier alpha value is -7.62. The van der Waals surface area contributed by atoms with Crippen LogP contribution in [0, 0.1) is 0 Å². The number of furan rings is 1. The topological polar surface area (TPSA) is 23.0 Å². The first-order valence-corrected chi connectivity index (χ1v) is 17.5. The minimum Gasteiger partial charge on any atom is -0.456 e. The molecule has 0 unspecified atom stereocenters. The zero-order valence-corrected chi connectivity index (χ0v) is 29.0. The monoisotopic (exact) mass is 751 g/mol. The third-order valence-corrected chi connectivity index (χ3v) is 9.84. The predicted octanol–water partition coefficient (Wildman–Crippen LogP) is 14.8. The number of nitrogens with zero attached hydrogens (tertiary/aromatic N) is 2. The molecule has 3 heterocycles. The number of hydrogen-bond donors (Lipinski definition) is 0. The van der Waals surface area contributed by atoms with Crippen LogP contribution in [0.25, 0.3) is 110 Å². The summed E-state index contributed by atoms with van der Waals surface area (Å²) in [5.41, 5.74) is -5.16. The molecule has 0 amide bonds. The van der Waals surface area contributed by atoms with Crippen LogP contribution in [0.3, 0.4) is 0 Å². The molecule has 0 radical (unpaired) electrons. The van der Waals surface area contributed by atoms with E-state index in [1.54, 1.807) is 48.5 Å². The summed E-state index contributed by atoms with van der Waals surface area (Å²) in [6.07, 6.45) is 0. The van der Waals surface area contributed by atoms with Gasteiger partial charge in [-0.25, -0.2) is 0 Å². The second kappa shape index (κ2) is 12.5. The predicted molar refractivity (Wildman–Crippen MR) is 239 cm³/mol. The van der Waals surface area contributed by atoms with Crippen molar-refractivity contribution in [1.29, 1.82) is 0 Å². The molecule has 0 N–H and O–H groups in total. The molecule has 0 atom stereocenters. The van der Waals surface area contributed by atoms with Crippen molar-refractivity contribution in [2.75, 3.05) is 0 Å². The summed E-state index contributed by atoms with van der Waals surface area (Å²) in [6.45, 7) is 0. The highest BCUT2D eigenvalue weighted by atomic mass is 16.3. The van der Waals surface area contributed by atoms with Gasteiger partial charge in [0.25, 0.3) is 0 Å². The minimum atomic E-state index is -1.01. The van der Waals surface area contributed by atoms with Gasteiger partial charge in [0, 0.05) is 43.4 Å². The number of fused-ring (bicyclic) bond motifs is 9. The van der Waals surface area contributed by atoms with Crippen LogP contribution < -0.4 is 0 Å². The first kappa shape index (κ1) is 15.9. The van der Waals surface area contributed by atoms with Crippen LogP contribution in [0.5, 0.6) is 0 Å². The number of rotatable bonds is 5. The molecule has 12 aromatic rings. The largest absolute Gasteiger partial charge is 0.456 e. The molecule has 0 fully saturated rings. The van der Waals surface area contributed by atoms with E-state index in [9.17, 15) is 16.4 Å². The maximum Gasteiger partial charge on any atom is 0.136 e. The van der Waals surface area contributed by atoms with Crippen molar-refractivity contribution in [2.45, 2.75) is 0 Å². The van der Waals surface area contributed by atoms with E-state index in [2.05, 4.69) is 0 Å². The van der Waals surface area contributed by atoms with E-state index in [-0.39, 0.29) is 56.3 Å². The molecule has 266 valence electrons. The second-order valence-electron chi connectivity index (χ2n) is 12.9. The van der Waals surface area contributed by atoms with Crippen molar-refractivity contribution in [3.63, 3.8) is 0 Å². The van der Waals surface area contributed by atoms with Crippen LogP contribution in [0.4, 0.5) is 0 Å². The van der Waals surface area contributed by atoms with Gasteiger partial charge in [-0.3, -0.25) is 0 Å². The average molecular weight is 752 g/mol. The minimum absolute atomic E-state index is 0.00642. The molecular formula is C54H34N2O. The van der Waals surface area contributed by atoms with E-state index in [1.165, 1.54) is 10.6 Å². The molecule has 3 nitrogen and oxygen atoms in total. The fourth-order valence-electron chi connectivity index (χ4n) is 7.39. The summed E-state index contributed by atoms with van der Waals surface area (Å²) in [7, 11) is 0. The summed E-state index contributed by atoms with van der Waals surface area (Å²) in [5.74, 6) is 0. The molecule has 0 aliphatic heterocycles. The normalized spacial score (nSPS) is 18.0. The smallest absolute Gasteiger partial charge is 0.136 e. The lowest BCUT2D eigenvalue weighted by Crippen LogP contribution is -1.97. The highest BCUT2D eigenvalue weighted by Gasteiger charge is 2.21. The SMILES string of the molecule is [2H]c1c([2H])c([2H])c(-c2c([2H])c([2H])c([2H])c([2H])c2-n2c3c([2H])c([2H])c([2H])c([2H])c3c3c([2H])c(-c4c([2H])c([2H])c5c(c4[2H])c4c([2H])c([2H])c([2H])c([2H])c4n5-c4cc5c(oc6c([2H])cccc65)c([2H])c4-c4ccccc4)c([2H])c([2H])c32)c([2H])c1[2H]. The van der Waals surface area contributed by atoms with Gasteiger partial charge >= 0.3 is 0 Å². The zero-order chi connectivity index (χ0) is 59.2. The third kappa shape index (κ3) is 4.86. The van der Waals surface area contributed by atoms with Crippen molar-refractivity contribution in [2.24, 2.45) is 0 Å². The van der Waals surface area contributed by atoms with Crippen LogP contribution in [0.15, 0.2) is 210 Å². The number of para-hydroxylation sites is 4. The molecule has 0 aliphatic carbocycles. The molecule has 9 aromatic carbocycles. The Morgan fingerprint density at radius 1 is 0.351 bits per heavy atom. The highest BCUT2D eigenvalue weighted by molar-refractivity contribution is 6.14. The summed E-state index contributed by atoms with van der Waals surface area (Å²) >= 11 is 0. The Labute approximate surface area is 364 Å². The molecule has 0 saturated heterocycles. The Morgan fingerprint density at radius 3 is 1.67 bits per heavy atom. The van der Waals surface area contributed by atoms with Crippen LogP contribution in [-0.2, 0) is 0 Å². The van der Waals surface area contributed by atoms with Gasteiger partial charge in [0.15, 0.2) is 0 Å². The summed E-state index contributed by atoms with van der Waals surface area (Å²) < 4.78 is 238. The van der Waals surface area contributed by atoms with E-state index < -0.39 is 194 Å². The van der Waals surface area contributed by atoms with Gasteiger partial charge in [0.1, 0.15) is 11.2 Å². The highest BCUT2D eigenvalue weighted by Crippen LogP contribution is 2.43. The second-order valence-corrected chi connectivity index (χ2v) is 12.9. The number of benzene rings is 9. The third-order valence-electron chi connectivity index (χ3n) is 9.84. The van der Waals surface area contributed by atoms with E-state index in [0.717, 1.165) is 4.57 Å². The van der Waals surface area contributed by atoms with Gasteiger partial charge in [-0.05, 0) is 82.7 Å². The lowest BCUT2D eigenvalue weighted by atomic mass is 10.00. The number of hydrogen-bond acceptors (Lipinski definition) is 1. The molecular weight excluding hydrogens is 693 g/mol. The van der Waals surface area contributed by atoms with E-state index in [4.69, 9.17) is 22.2 Å². The van der Waals surface area contributed by atoms with Crippen LogP contribution in [-0.4, -0.2) is 9.13 Å². The Kier molecular flexibility index (Phi) is 3.46. The van der Waals surface area contributed by atoms with Gasteiger partial charge in [-0.1, -0.05) is 145 Å². The maximum absolute atomic E-state index is 10.1. The molecule has 3 aromatic heterocycles. The summed E-state index contributed by atoms with van der Waals surface area (Å²) in [6, 6.07) is -5.93. The molecule has 57 heavy (non-hydrogen) atoms. The molecule has 0 aliphatic rings. The summed E-state index contributed by atoms with van der Waals surface area (Å²) in [4.78, 5) is 0. The standard InChI is InChI=1S/C54H34N2O/c1-3-15-35(16-4-1)39-19-7-11-23-47(39)55-48-24-12-8-20-40(48)44-31-37(27-29-50(44)55)38-28-30-51-45(32-38)41-21-9-13-25-49(41)56(51)52-33-46-42-22-10-14-26-53(42)57-54(46)34-43(52)36-17-5-2-6-18-36/h1-34H/i1D,3D,4D,7D,8D,9D,11D,12D,13D,15D,16D,19D,20D,21D,23D,24D,25D,26D,27D,28D,29D,30D,31D,32D,34D. The Morgan fingerprint density at radius 2 is 0.947 bits per heavy atom. The molecule has 0 spiro atoms. The fraction of sp³-hybridized carbons (Fsp3) is 0. The average Bonchev–Trinajstić information content (AvgIpc) is 1.89. The first-order valence-electron chi connectivity index (χ1n) is 30.0. The van der Waals surface area contributed by atoms with Crippen molar-refractivity contribution in [3.8, 4) is 44.8 Å². The number of aromatic nitrogens is 2. The van der Waals surface area contributed by atoms with Crippen LogP contribution in [0.2, 0.25) is 0 Å². The van der Waals surface area contributed by atoms with E-state index in [1.807, 2.05) is 0 Å². The van der Waals surface area contributed by atoms with Crippen LogP contribution >= 0.6 is 0 Å². The van der Waals surface area contributed by atoms with Gasteiger partial charge in [0.2, 0.25) is 0 Å². The van der Waals surface area contributed by atoms with Gasteiger partial charge in [-0.15, -0.1) is 0 Å². The maximum atomic E-state index is 10.1. The van der Waals surface area contributed by atoms with Crippen molar-refractivity contribution >= 4 is 65.6 Å². The van der Waals surface area contributed by atoms with Crippen molar-refractivity contribution < 1.29 is 38.7 Å². The zero-order valence-electron chi connectivity index (χ0n) is 54.0. The molecule has 3 heteroatoms. The van der Waals surface area contributed by atoms with Gasteiger partial charge in [0.05, 0.1) is 67.7 Å². The Balaban J connectivity index is 1.27. The summed E-state index contributed by atoms with van der Waals surface area (Å²) in [5, 5.41) is -1.29. The van der Waals surface area contributed by atoms with Crippen molar-refractivity contribution in [3.05, 3.63) is 206 Å². The lowest BCUT2D eigenvalue weighted by Gasteiger charge is -2.15. The lowest BCUT2D eigenvalue weighted by molar-refractivity contribution is 0.669. The Bertz CT molecular complexity index is 4960. The molecule has 12 rings (SSSR count). The van der Waals surface area contributed by atoms with E-state index >= 15 is 0 Å².